The Balaban J connectivity index is 0.00000176. The van der Waals surface area contributed by atoms with Gasteiger partial charge < -0.3 is 15.4 Å². The zero-order chi connectivity index (χ0) is 26.5. The number of aromatic amines is 1. The molecule has 1 aliphatic rings. The van der Waals surface area contributed by atoms with Crippen LogP contribution in [0.4, 0.5) is 19.0 Å². The quantitative estimate of drug-likeness (QED) is 0.374. The number of nitriles is 1. The van der Waals surface area contributed by atoms with Crippen molar-refractivity contribution in [2.75, 3.05) is 12.4 Å². The predicted octanol–water partition coefficient (Wildman–Crippen LogP) is 3.31. The molecule has 13 heteroatoms. The van der Waals surface area contributed by atoms with Gasteiger partial charge in [0.25, 0.3) is 5.56 Å². The summed E-state index contributed by atoms with van der Waals surface area (Å²) in [5.41, 5.74) is -1.17. The molecule has 0 aromatic carbocycles. The summed E-state index contributed by atoms with van der Waals surface area (Å²) in [6.07, 6.45) is 2.99. The number of aliphatic hydroxyl groups excluding tert-OH is 1. The number of hydrogen-bond acceptors (Lipinski definition) is 9. The lowest BCUT2D eigenvalue weighted by atomic mass is 9.70. The van der Waals surface area contributed by atoms with Crippen molar-refractivity contribution in [2.45, 2.75) is 43.8 Å². The number of aliphatic hydroxyl groups is 1. The van der Waals surface area contributed by atoms with E-state index in [1.54, 1.807) is 25.4 Å². The van der Waals surface area contributed by atoms with Crippen molar-refractivity contribution in [3.05, 3.63) is 75.6 Å². The second kappa shape index (κ2) is 11.0. The van der Waals surface area contributed by atoms with Crippen molar-refractivity contribution in [3.63, 3.8) is 0 Å². The number of rotatable bonds is 6. The maximum absolute atomic E-state index is 12.8. The van der Waals surface area contributed by atoms with E-state index in [4.69, 9.17) is 10.5 Å². The fraction of sp³-hybridized carbons (Fsp3) is 0.348. The van der Waals surface area contributed by atoms with E-state index in [0.717, 1.165) is 37.8 Å². The molecule has 0 aliphatic heterocycles. The zero-order valence-corrected chi connectivity index (χ0v) is 19.3. The summed E-state index contributed by atoms with van der Waals surface area (Å²) in [6, 6.07) is 3.17. The Morgan fingerprint density at radius 1 is 1.22 bits per heavy atom. The standard InChI is InChI=1S/C22H19F3N8O.CH4O/c1-11(12-2-5-17(30-9-12)22(23,24)25)31-20-18(16(27)6-26)21(34)33-19(32-20)15-4-3-14(15)13-7-28-10-29-8-13;1-2/h2,5,7-11,14-15,27H,3-4H2,1H3,(H2,31,32,33,34);2H,1H3/t11-,14?,15?;/m0./s1. The van der Waals surface area contributed by atoms with E-state index in [2.05, 4.69) is 30.2 Å². The van der Waals surface area contributed by atoms with Gasteiger partial charge in [0, 0.05) is 31.6 Å². The van der Waals surface area contributed by atoms with E-state index in [0.29, 0.717) is 11.4 Å². The molecule has 0 spiro atoms. The van der Waals surface area contributed by atoms with Crippen LogP contribution in [0.2, 0.25) is 0 Å². The lowest BCUT2D eigenvalue weighted by molar-refractivity contribution is -0.141. The molecule has 0 bridgehead atoms. The van der Waals surface area contributed by atoms with Gasteiger partial charge in [-0.2, -0.15) is 18.4 Å². The van der Waals surface area contributed by atoms with Gasteiger partial charge in [0.05, 0.1) is 6.04 Å². The van der Waals surface area contributed by atoms with E-state index in [-0.39, 0.29) is 23.2 Å². The van der Waals surface area contributed by atoms with Crippen LogP contribution in [-0.2, 0) is 6.18 Å². The molecule has 4 N–H and O–H groups in total. The molecular weight excluding hydrogens is 477 g/mol. The molecule has 3 heterocycles. The summed E-state index contributed by atoms with van der Waals surface area (Å²) in [5.74, 6) is 0.329. The smallest absolute Gasteiger partial charge is 0.400 e. The monoisotopic (exact) mass is 500 g/mol. The third kappa shape index (κ3) is 5.55. The number of H-pyrrole nitrogens is 1. The number of halogens is 3. The van der Waals surface area contributed by atoms with E-state index in [1.165, 1.54) is 12.4 Å². The molecule has 1 saturated carbocycles. The van der Waals surface area contributed by atoms with Crippen molar-refractivity contribution < 1.29 is 18.3 Å². The zero-order valence-electron chi connectivity index (χ0n) is 19.3. The van der Waals surface area contributed by atoms with Crippen molar-refractivity contribution in [3.8, 4) is 6.07 Å². The van der Waals surface area contributed by atoms with Crippen LogP contribution in [0.3, 0.4) is 0 Å². The average Bonchev–Trinajstić information content (AvgIpc) is 2.84. The fourth-order valence-corrected chi connectivity index (χ4v) is 3.90. The highest BCUT2D eigenvalue weighted by Crippen LogP contribution is 2.47. The highest BCUT2D eigenvalue weighted by atomic mass is 19.4. The SMILES string of the molecule is CO.C[C@H](Nc1nc(C2CCC2c2cncnc2)[nH]c(=O)c1C(=N)C#N)c1ccc(C(F)(F)F)nc1. The fourth-order valence-electron chi connectivity index (χ4n) is 3.90. The Bertz CT molecular complexity index is 1300. The van der Waals surface area contributed by atoms with Crippen LogP contribution in [0.5, 0.6) is 0 Å². The van der Waals surface area contributed by atoms with Crippen molar-refractivity contribution in [1.82, 2.24) is 24.9 Å². The molecule has 3 aromatic heterocycles. The molecule has 0 amide bonds. The van der Waals surface area contributed by atoms with Crippen molar-refractivity contribution in [1.29, 1.82) is 10.7 Å². The molecule has 2 unspecified atom stereocenters. The second-order valence-corrected chi connectivity index (χ2v) is 7.96. The highest BCUT2D eigenvalue weighted by molar-refractivity contribution is 6.12. The molecule has 3 aromatic rings. The minimum Gasteiger partial charge on any atom is -0.400 e. The Kier molecular flexibility index (Phi) is 8.11. The van der Waals surface area contributed by atoms with Crippen molar-refractivity contribution in [2.24, 2.45) is 0 Å². The molecule has 1 aliphatic carbocycles. The van der Waals surface area contributed by atoms with Gasteiger partial charge in [-0.3, -0.25) is 15.2 Å². The van der Waals surface area contributed by atoms with Crippen LogP contribution in [-0.4, -0.2) is 42.8 Å². The first-order valence-corrected chi connectivity index (χ1v) is 10.8. The van der Waals surface area contributed by atoms with E-state index in [9.17, 15) is 23.2 Å². The summed E-state index contributed by atoms with van der Waals surface area (Å²) in [7, 11) is 1.00. The van der Waals surface area contributed by atoms with Crippen LogP contribution in [0.25, 0.3) is 0 Å². The summed E-state index contributed by atoms with van der Waals surface area (Å²) in [5, 5.41) is 27.1. The number of aromatic nitrogens is 5. The minimum atomic E-state index is -4.56. The van der Waals surface area contributed by atoms with E-state index < -0.39 is 29.2 Å². The van der Waals surface area contributed by atoms with E-state index in [1.807, 2.05) is 0 Å². The Morgan fingerprint density at radius 2 is 1.89 bits per heavy atom. The van der Waals surface area contributed by atoms with Crippen LogP contribution >= 0.6 is 0 Å². The van der Waals surface area contributed by atoms with Gasteiger partial charge in [-0.25, -0.2) is 15.0 Å². The molecule has 3 atom stereocenters. The third-order valence-electron chi connectivity index (χ3n) is 5.86. The number of anilines is 1. The Morgan fingerprint density at radius 3 is 2.42 bits per heavy atom. The first kappa shape index (κ1) is 26.4. The summed E-state index contributed by atoms with van der Waals surface area (Å²) in [6.45, 7) is 1.65. The predicted molar refractivity (Wildman–Crippen MR) is 123 cm³/mol. The largest absolute Gasteiger partial charge is 0.433 e. The highest BCUT2D eigenvalue weighted by Gasteiger charge is 2.36. The van der Waals surface area contributed by atoms with Crippen LogP contribution < -0.4 is 10.9 Å². The molecule has 1 fully saturated rings. The first-order valence-electron chi connectivity index (χ1n) is 10.8. The van der Waals surface area contributed by atoms with Crippen LogP contribution in [0.1, 0.15) is 65.9 Å². The van der Waals surface area contributed by atoms with Gasteiger partial charge in [0.2, 0.25) is 0 Å². The molecule has 188 valence electrons. The topological polar surface area (TPSA) is 164 Å². The van der Waals surface area contributed by atoms with Gasteiger partial charge in [0.1, 0.15) is 41.0 Å². The Hall–Kier alpha value is -4.18. The average molecular weight is 500 g/mol. The lowest BCUT2D eigenvalue weighted by Gasteiger charge is -2.36. The summed E-state index contributed by atoms with van der Waals surface area (Å²) >= 11 is 0. The van der Waals surface area contributed by atoms with Gasteiger partial charge in [-0.05, 0) is 42.9 Å². The maximum Gasteiger partial charge on any atom is 0.433 e. The second-order valence-electron chi connectivity index (χ2n) is 7.96. The molecule has 4 rings (SSSR count). The molecule has 10 nitrogen and oxygen atoms in total. The van der Waals surface area contributed by atoms with Gasteiger partial charge >= 0.3 is 6.18 Å². The van der Waals surface area contributed by atoms with Crippen LogP contribution in [0.15, 0.2) is 41.8 Å². The first-order chi connectivity index (χ1) is 17.2. The van der Waals surface area contributed by atoms with Gasteiger partial charge in [-0.15, -0.1) is 0 Å². The number of nitrogens with zero attached hydrogens (tertiary/aromatic N) is 5. The lowest BCUT2D eigenvalue weighted by Crippen LogP contribution is -2.30. The number of hydrogen-bond donors (Lipinski definition) is 4. The van der Waals surface area contributed by atoms with E-state index >= 15 is 0 Å². The number of alkyl halides is 3. The molecule has 0 saturated heterocycles. The molecule has 0 radical (unpaired) electrons. The minimum absolute atomic E-state index is 0.00709. The normalized spacial score (nSPS) is 17.6. The number of nitrogens with one attached hydrogen (secondary N) is 3. The molecule has 36 heavy (non-hydrogen) atoms. The van der Waals surface area contributed by atoms with Gasteiger partial charge in [-0.1, -0.05) is 6.07 Å². The Labute approximate surface area is 203 Å². The summed E-state index contributed by atoms with van der Waals surface area (Å²) < 4.78 is 38.5. The number of pyridine rings is 1. The summed E-state index contributed by atoms with van der Waals surface area (Å²) in [4.78, 5) is 31.6. The molecular formula is C23H23F3N8O2. The van der Waals surface area contributed by atoms with Crippen LogP contribution in [0, 0.1) is 16.7 Å². The maximum atomic E-state index is 12.8. The van der Waals surface area contributed by atoms with Gasteiger partial charge in [0.15, 0.2) is 0 Å². The van der Waals surface area contributed by atoms with Crippen molar-refractivity contribution >= 4 is 11.5 Å². The third-order valence-corrected chi connectivity index (χ3v) is 5.86.